The first-order valence-electron chi connectivity index (χ1n) is 7.13. The highest BCUT2D eigenvalue weighted by molar-refractivity contribution is 5.97. The topological polar surface area (TPSA) is 31.2 Å². The van der Waals surface area contributed by atoms with Crippen molar-refractivity contribution in [2.24, 2.45) is 0 Å². The van der Waals surface area contributed by atoms with Gasteiger partial charge in [-0.3, -0.25) is 4.79 Å². The smallest absolute Gasteiger partial charge is 0.152 e. The molecule has 104 valence electrons. The van der Waals surface area contributed by atoms with Crippen molar-refractivity contribution in [3.05, 3.63) is 65.9 Å². The summed E-state index contributed by atoms with van der Waals surface area (Å²) >= 11 is 0. The highest BCUT2D eigenvalue weighted by Crippen LogP contribution is 2.30. The largest absolute Gasteiger partial charge is 0.488 e. The fraction of sp³-hybridized carbons (Fsp3) is 0.167. The van der Waals surface area contributed by atoms with Crippen LogP contribution in [0.15, 0.2) is 54.7 Å². The molecular formula is C18H15NO2. The maximum atomic E-state index is 11.2. The Morgan fingerprint density at radius 1 is 1.14 bits per heavy atom. The predicted molar refractivity (Wildman–Crippen MR) is 81.9 cm³/mol. The molecule has 0 saturated carbocycles. The van der Waals surface area contributed by atoms with E-state index in [0.717, 1.165) is 41.5 Å². The van der Waals surface area contributed by atoms with Crippen LogP contribution >= 0.6 is 0 Å². The lowest BCUT2D eigenvalue weighted by atomic mass is 10.1. The number of carbonyl (C=O) groups is 1. The predicted octanol–water partition coefficient (Wildman–Crippen LogP) is 3.46. The molecule has 0 saturated heterocycles. The molecule has 0 bridgehead atoms. The third-order valence-corrected chi connectivity index (χ3v) is 4.06. The Labute approximate surface area is 122 Å². The number of fused-ring (bicyclic) bond motifs is 2. The standard InChI is InChI=1S/C18H15NO2/c20-12-14-10-19(17-7-3-2-6-16(14)17)11-15-9-13-5-1-4-8-18(13)21-15/h1-8,10,12,15H,9,11H2. The highest BCUT2D eigenvalue weighted by Gasteiger charge is 2.23. The number of aromatic nitrogens is 1. The second kappa shape index (κ2) is 4.77. The van der Waals surface area contributed by atoms with E-state index in [2.05, 4.69) is 10.6 Å². The molecule has 3 nitrogen and oxygen atoms in total. The van der Waals surface area contributed by atoms with Crippen molar-refractivity contribution in [2.45, 2.75) is 19.1 Å². The number of aldehydes is 1. The summed E-state index contributed by atoms with van der Waals surface area (Å²) in [5.74, 6) is 0.981. The molecule has 21 heavy (non-hydrogen) atoms. The van der Waals surface area contributed by atoms with E-state index in [9.17, 15) is 4.79 Å². The van der Waals surface area contributed by atoms with Crippen LogP contribution in [0.5, 0.6) is 5.75 Å². The molecule has 3 aromatic rings. The fourth-order valence-electron chi connectivity index (χ4n) is 3.10. The van der Waals surface area contributed by atoms with Gasteiger partial charge in [0, 0.05) is 29.1 Å². The normalized spacial score (nSPS) is 16.7. The monoisotopic (exact) mass is 277 g/mol. The maximum Gasteiger partial charge on any atom is 0.152 e. The second-order valence-electron chi connectivity index (χ2n) is 5.42. The molecule has 0 fully saturated rings. The number of para-hydroxylation sites is 2. The fourth-order valence-corrected chi connectivity index (χ4v) is 3.10. The van der Waals surface area contributed by atoms with Gasteiger partial charge in [0.1, 0.15) is 11.9 Å². The molecule has 2 aromatic carbocycles. The van der Waals surface area contributed by atoms with E-state index in [1.807, 2.05) is 48.7 Å². The number of benzene rings is 2. The van der Waals surface area contributed by atoms with Gasteiger partial charge < -0.3 is 9.30 Å². The summed E-state index contributed by atoms with van der Waals surface area (Å²) in [4.78, 5) is 11.2. The molecule has 1 aromatic heterocycles. The van der Waals surface area contributed by atoms with Gasteiger partial charge >= 0.3 is 0 Å². The molecule has 1 atom stereocenters. The molecule has 1 aliphatic rings. The number of carbonyl (C=O) groups excluding carboxylic acids is 1. The van der Waals surface area contributed by atoms with Gasteiger partial charge in [-0.05, 0) is 17.7 Å². The lowest BCUT2D eigenvalue weighted by Crippen LogP contribution is -2.20. The van der Waals surface area contributed by atoms with E-state index in [4.69, 9.17) is 4.74 Å². The van der Waals surface area contributed by atoms with Crippen LogP contribution in [0.1, 0.15) is 15.9 Å². The summed E-state index contributed by atoms with van der Waals surface area (Å²) in [6.07, 6.45) is 3.88. The molecule has 2 heterocycles. The van der Waals surface area contributed by atoms with E-state index in [-0.39, 0.29) is 6.10 Å². The quantitative estimate of drug-likeness (QED) is 0.686. The molecular weight excluding hydrogens is 262 g/mol. The van der Waals surface area contributed by atoms with Gasteiger partial charge in [0.25, 0.3) is 0 Å². The first kappa shape index (κ1) is 12.2. The molecule has 4 rings (SSSR count). The summed E-state index contributed by atoms with van der Waals surface area (Å²) in [5, 5.41) is 1.00. The zero-order valence-corrected chi connectivity index (χ0v) is 11.5. The van der Waals surface area contributed by atoms with Crippen LogP contribution in [0.3, 0.4) is 0 Å². The van der Waals surface area contributed by atoms with E-state index < -0.39 is 0 Å². The third kappa shape index (κ3) is 2.02. The number of rotatable bonds is 3. The summed E-state index contributed by atoms with van der Waals surface area (Å²) in [7, 11) is 0. The molecule has 3 heteroatoms. The molecule has 0 amide bonds. The third-order valence-electron chi connectivity index (χ3n) is 4.06. The van der Waals surface area contributed by atoms with Crippen molar-refractivity contribution in [3.8, 4) is 5.75 Å². The van der Waals surface area contributed by atoms with Crippen LogP contribution < -0.4 is 4.74 Å². The van der Waals surface area contributed by atoms with Crippen LogP contribution in [-0.4, -0.2) is 17.0 Å². The average Bonchev–Trinajstić information content (AvgIpc) is 3.08. The number of nitrogens with zero attached hydrogens (tertiary/aromatic N) is 1. The zero-order valence-electron chi connectivity index (χ0n) is 11.5. The molecule has 1 aliphatic heterocycles. The van der Waals surface area contributed by atoms with E-state index in [0.29, 0.717) is 0 Å². The van der Waals surface area contributed by atoms with Gasteiger partial charge in [-0.2, -0.15) is 0 Å². The molecule has 0 spiro atoms. The minimum Gasteiger partial charge on any atom is -0.488 e. The molecule has 0 radical (unpaired) electrons. The molecule has 0 N–H and O–H groups in total. The van der Waals surface area contributed by atoms with Crippen LogP contribution in [0.2, 0.25) is 0 Å². The summed E-state index contributed by atoms with van der Waals surface area (Å²) < 4.78 is 8.11. The van der Waals surface area contributed by atoms with Crippen molar-refractivity contribution in [3.63, 3.8) is 0 Å². The summed E-state index contributed by atoms with van der Waals surface area (Å²) in [5.41, 5.74) is 3.08. The lowest BCUT2D eigenvalue weighted by molar-refractivity contribution is 0.112. The van der Waals surface area contributed by atoms with Gasteiger partial charge in [-0.1, -0.05) is 36.4 Å². The zero-order chi connectivity index (χ0) is 14.2. The molecule has 1 unspecified atom stereocenters. The Kier molecular flexibility index (Phi) is 2.78. The second-order valence-corrected chi connectivity index (χ2v) is 5.42. The van der Waals surface area contributed by atoms with E-state index >= 15 is 0 Å². The van der Waals surface area contributed by atoms with Gasteiger partial charge in [0.2, 0.25) is 0 Å². The van der Waals surface area contributed by atoms with Crippen molar-refractivity contribution < 1.29 is 9.53 Å². The first-order valence-corrected chi connectivity index (χ1v) is 7.13. The maximum absolute atomic E-state index is 11.2. The van der Waals surface area contributed by atoms with Crippen LogP contribution in [0.25, 0.3) is 10.9 Å². The Morgan fingerprint density at radius 2 is 1.95 bits per heavy atom. The molecule has 0 aliphatic carbocycles. The van der Waals surface area contributed by atoms with Crippen LogP contribution in [0, 0.1) is 0 Å². The number of ether oxygens (including phenoxy) is 1. The summed E-state index contributed by atoms with van der Waals surface area (Å²) in [6, 6.07) is 16.2. The van der Waals surface area contributed by atoms with Crippen molar-refractivity contribution in [1.82, 2.24) is 4.57 Å². The Bertz CT molecular complexity index is 794. The average molecular weight is 277 g/mol. The lowest BCUT2D eigenvalue weighted by Gasteiger charge is -2.12. The van der Waals surface area contributed by atoms with Gasteiger partial charge in [0.15, 0.2) is 6.29 Å². The van der Waals surface area contributed by atoms with Gasteiger partial charge in [-0.25, -0.2) is 0 Å². The minimum absolute atomic E-state index is 0.123. The Morgan fingerprint density at radius 3 is 2.81 bits per heavy atom. The van der Waals surface area contributed by atoms with Gasteiger partial charge in [0.05, 0.1) is 6.54 Å². The van der Waals surface area contributed by atoms with Crippen molar-refractivity contribution in [1.29, 1.82) is 0 Å². The van der Waals surface area contributed by atoms with Gasteiger partial charge in [-0.15, -0.1) is 0 Å². The number of hydrogen-bond donors (Lipinski definition) is 0. The first-order chi connectivity index (χ1) is 10.3. The van der Waals surface area contributed by atoms with Crippen LogP contribution in [-0.2, 0) is 13.0 Å². The Balaban J connectivity index is 1.66. The Hall–Kier alpha value is -2.55. The van der Waals surface area contributed by atoms with Crippen LogP contribution in [0.4, 0.5) is 0 Å². The van der Waals surface area contributed by atoms with E-state index in [1.54, 1.807) is 0 Å². The van der Waals surface area contributed by atoms with Crippen molar-refractivity contribution >= 4 is 17.2 Å². The van der Waals surface area contributed by atoms with Crippen molar-refractivity contribution in [2.75, 3.05) is 0 Å². The minimum atomic E-state index is 0.123. The SMILES string of the molecule is O=Cc1cn(CC2Cc3ccccc3O2)c2ccccc12. The van der Waals surface area contributed by atoms with E-state index in [1.165, 1.54) is 5.56 Å². The highest BCUT2D eigenvalue weighted by atomic mass is 16.5. The summed E-state index contributed by atoms with van der Waals surface area (Å²) in [6.45, 7) is 0.753. The number of hydrogen-bond acceptors (Lipinski definition) is 2.